The first-order valence-corrected chi connectivity index (χ1v) is 21.0. The first-order chi connectivity index (χ1) is 28.3. The van der Waals surface area contributed by atoms with Gasteiger partial charge in [0.2, 0.25) is 11.8 Å². The van der Waals surface area contributed by atoms with E-state index in [-0.39, 0.29) is 35.9 Å². The summed E-state index contributed by atoms with van der Waals surface area (Å²) in [6, 6.07) is 20.1. The summed E-state index contributed by atoms with van der Waals surface area (Å²) in [4.78, 5) is 78.4. The van der Waals surface area contributed by atoms with Crippen molar-refractivity contribution in [3.8, 4) is 0 Å². The molecule has 0 spiro atoms. The van der Waals surface area contributed by atoms with Crippen molar-refractivity contribution in [1.29, 1.82) is 0 Å². The van der Waals surface area contributed by atoms with Crippen LogP contribution in [0.15, 0.2) is 78.9 Å². The summed E-state index contributed by atoms with van der Waals surface area (Å²) in [5.41, 5.74) is 0.411. The van der Waals surface area contributed by atoms with E-state index in [4.69, 9.17) is 14.2 Å². The average molecular weight is 814 g/mol. The molecule has 0 aliphatic rings. The second kappa shape index (κ2) is 26.5. The largest absolute Gasteiger partial charge is 0.461 e. The number of nitrogens with one attached hydrogen (secondary N) is 3. The van der Waals surface area contributed by atoms with Crippen LogP contribution in [0.4, 0.5) is 16.2 Å². The highest BCUT2D eigenvalue weighted by Gasteiger charge is 2.28. The van der Waals surface area contributed by atoms with Gasteiger partial charge in [0.15, 0.2) is 12.4 Å². The molecular weight excluding hydrogens is 751 g/mol. The van der Waals surface area contributed by atoms with Crippen molar-refractivity contribution in [2.45, 2.75) is 142 Å². The lowest BCUT2D eigenvalue weighted by molar-refractivity contribution is -0.146. The second-order valence-corrected chi connectivity index (χ2v) is 15.7. The number of amides is 3. The van der Waals surface area contributed by atoms with Crippen LogP contribution >= 0.6 is 0 Å². The standard InChI is InChI=1S/C47H63N3O9/c1-5-6-7-8-9-10-11-12-13-14-15-16-23-28-42(52)48-38-29-37(45(55)58-34-41(51)36-26-21-18-22-27-36)30-39(31-38)49-44(54)40(50-46(56)59-47(2,3)4)32-43(53)57-33-35-24-19-17-20-25-35/h17-22,24-27,29-31,40H,5-16,23,28,32-34H2,1-4H3,(H,48,52)(H,49,54)(H,50,56)/t40-/m0/s1. The highest BCUT2D eigenvalue weighted by atomic mass is 16.6. The molecule has 0 heterocycles. The lowest BCUT2D eigenvalue weighted by Crippen LogP contribution is -2.47. The first-order valence-electron chi connectivity index (χ1n) is 21.0. The maximum absolute atomic E-state index is 13.7. The summed E-state index contributed by atoms with van der Waals surface area (Å²) in [7, 11) is 0. The van der Waals surface area contributed by atoms with Gasteiger partial charge in [-0.15, -0.1) is 0 Å². The van der Waals surface area contributed by atoms with Crippen molar-refractivity contribution in [3.05, 3.63) is 95.6 Å². The summed E-state index contributed by atoms with van der Waals surface area (Å²) >= 11 is 0. The zero-order valence-electron chi connectivity index (χ0n) is 35.3. The van der Waals surface area contributed by atoms with Crippen LogP contribution < -0.4 is 16.0 Å². The molecule has 0 aromatic heterocycles. The van der Waals surface area contributed by atoms with Crippen LogP contribution in [0, 0.1) is 0 Å². The number of carbonyl (C=O) groups is 6. The fourth-order valence-electron chi connectivity index (χ4n) is 6.19. The van der Waals surface area contributed by atoms with E-state index in [0.717, 1.165) is 24.8 Å². The third-order valence-electron chi connectivity index (χ3n) is 9.28. The SMILES string of the molecule is CCCCCCCCCCCCCCCC(=O)Nc1cc(NC(=O)[C@H](CC(=O)OCc2ccccc2)NC(=O)OC(C)(C)C)cc(C(=O)OCC(=O)c2ccccc2)c1. The van der Waals surface area contributed by atoms with Gasteiger partial charge in [-0.1, -0.05) is 145 Å². The zero-order chi connectivity index (χ0) is 42.9. The van der Waals surface area contributed by atoms with Gasteiger partial charge in [0.25, 0.3) is 0 Å². The third-order valence-corrected chi connectivity index (χ3v) is 9.28. The molecule has 3 rings (SSSR count). The van der Waals surface area contributed by atoms with Crippen LogP contribution in [0.3, 0.4) is 0 Å². The summed E-state index contributed by atoms with van der Waals surface area (Å²) < 4.78 is 16.0. The Bertz CT molecular complexity index is 1770. The van der Waals surface area contributed by atoms with Crippen molar-refractivity contribution < 1.29 is 43.0 Å². The number of esters is 2. The molecule has 320 valence electrons. The van der Waals surface area contributed by atoms with E-state index in [9.17, 15) is 28.8 Å². The molecule has 0 saturated heterocycles. The molecule has 3 aromatic carbocycles. The molecule has 12 heteroatoms. The predicted octanol–water partition coefficient (Wildman–Crippen LogP) is 10.1. The number of alkyl carbamates (subject to hydrolysis) is 1. The lowest BCUT2D eigenvalue weighted by atomic mass is 10.0. The monoisotopic (exact) mass is 813 g/mol. The van der Waals surface area contributed by atoms with Gasteiger partial charge in [-0.25, -0.2) is 9.59 Å². The van der Waals surface area contributed by atoms with Gasteiger partial charge in [0, 0.05) is 23.4 Å². The molecule has 1 atom stereocenters. The Hall–Kier alpha value is -5.52. The molecule has 0 fully saturated rings. The number of benzene rings is 3. The van der Waals surface area contributed by atoms with E-state index in [1.807, 2.05) is 6.07 Å². The normalized spacial score (nSPS) is 11.5. The second-order valence-electron chi connectivity index (χ2n) is 15.7. The number of hydrogen-bond acceptors (Lipinski definition) is 9. The number of ether oxygens (including phenoxy) is 3. The highest BCUT2D eigenvalue weighted by molar-refractivity contribution is 6.03. The van der Waals surface area contributed by atoms with E-state index in [2.05, 4.69) is 22.9 Å². The van der Waals surface area contributed by atoms with Crippen molar-refractivity contribution in [2.24, 2.45) is 0 Å². The molecule has 0 unspecified atom stereocenters. The van der Waals surface area contributed by atoms with E-state index < -0.39 is 54.4 Å². The van der Waals surface area contributed by atoms with Gasteiger partial charge < -0.3 is 30.2 Å². The third kappa shape index (κ3) is 20.6. The maximum Gasteiger partial charge on any atom is 0.408 e. The van der Waals surface area contributed by atoms with Gasteiger partial charge in [0.05, 0.1) is 12.0 Å². The summed E-state index contributed by atoms with van der Waals surface area (Å²) in [6.07, 6.45) is 14.1. The predicted molar refractivity (Wildman–Crippen MR) is 229 cm³/mol. The van der Waals surface area contributed by atoms with E-state index in [1.165, 1.54) is 76.0 Å². The Morgan fingerprint density at radius 2 is 1.17 bits per heavy atom. The van der Waals surface area contributed by atoms with Crippen LogP contribution in [-0.2, 0) is 35.2 Å². The van der Waals surface area contributed by atoms with Gasteiger partial charge in [-0.2, -0.15) is 0 Å². The van der Waals surface area contributed by atoms with E-state index in [0.29, 0.717) is 12.0 Å². The van der Waals surface area contributed by atoms with Crippen LogP contribution in [0.2, 0.25) is 0 Å². The Morgan fingerprint density at radius 3 is 1.75 bits per heavy atom. The maximum atomic E-state index is 13.7. The van der Waals surface area contributed by atoms with Crippen molar-refractivity contribution in [3.63, 3.8) is 0 Å². The molecule has 3 amide bonds. The Balaban J connectivity index is 1.67. The first kappa shape index (κ1) is 47.9. The van der Waals surface area contributed by atoms with Crippen LogP contribution in [0.5, 0.6) is 0 Å². The number of carbonyl (C=O) groups excluding carboxylic acids is 6. The minimum Gasteiger partial charge on any atom is -0.461 e. The van der Waals surface area contributed by atoms with Gasteiger partial charge >= 0.3 is 18.0 Å². The summed E-state index contributed by atoms with van der Waals surface area (Å²) in [5, 5.41) is 7.89. The number of Topliss-reactive ketones (excluding diaryl/α,β-unsaturated/α-hetero) is 1. The molecule has 0 bridgehead atoms. The van der Waals surface area contributed by atoms with E-state index >= 15 is 0 Å². The number of ketones is 1. The molecule has 3 N–H and O–H groups in total. The molecule has 0 aliphatic carbocycles. The average Bonchev–Trinajstić information content (AvgIpc) is 3.20. The van der Waals surface area contributed by atoms with Crippen molar-refractivity contribution >= 4 is 47.0 Å². The minimum absolute atomic E-state index is 0.0419. The van der Waals surface area contributed by atoms with Gasteiger partial charge in [-0.05, 0) is 51.0 Å². The quantitative estimate of drug-likeness (QED) is 0.0309. The minimum atomic E-state index is -1.44. The molecule has 12 nitrogen and oxygen atoms in total. The smallest absolute Gasteiger partial charge is 0.408 e. The number of anilines is 2. The Labute approximate surface area is 349 Å². The number of hydrogen-bond donors (Lipinski definition) is 3. The molecular formula is C47H63N3O9. The Kier molecular flexibility index (Phi) is 21.5. The van der Waals surface area contributed by atoms with Crippen LogP contribution in [0.25, 0.3) is 0 Å². The number of rotatable bonds is 26. The van der Waals surface area contributed by atoms with Crippen LogP contribution in [-0.4, -0.2) is 53.9 Å². The lowest BCUT2D eigenvalue weighted by Gasteiger charge is -2.23. The van der Waals surface area contributed by atoms with Gasteiger partial charge in [0.1, 0.15) is 18.2 Å². The van der Waals surface area contributed by atoms with Crippen molar-refractivity contribution in [1.82, 2.24) is 5.32 Å². The van der Waals surface area contributed by atoms with E-state index in [1.54, 1.807) is 75.4 Å². The molecule has 0 saturated carbocycles. The summed E-state index contributed by atoms with van der Waals surface area (Å²) in [5.74, 6) is -3.14. The fourth-order valence-corrected chi connectivity index (χ4v) is 6.19. The fraction of sp³-hybridized carbons (Fsp3) is 0.489. The van der Waals surface area contributed by atoms with Crippen LogP contribution in [0.1, 0.15) is 150 Å². The van der Waals surface area contributed by atoms with Gasteiger partial charge in [-0.3, -0.25) is 19.2 Å². The zero-order valence-corrected chi connectivity index (χ0v) is 35.3. The highest BCUT2D eigenvalue weighted by Crippen LogP contribution is 2.22. The number of unbranched alkanes of at least 4 members (excludes halogenated alkanes) is 12. The Morgan fingerprint density at radius 1 is 0.627 bits per heavy atom. The molecule has 3 aromatic rings. The van der Waals surface area contributed by atoms with Crippen molar-refractivity contribution in [2.75, 3.05) is 17.2 Å². The topological polar surface area (TPSA) is 166 Å². The molecule has 0 aliphatic heterocycles. The molecule has 59 heavy (non-hydrogen) atoms. The summed E-state index contributed by atoms with van der Waals surface area (Å²) in [6.45, 7) is 6.62. The molecule has 0 radical (unpaired) electrons.